The molecule has 0 radical (unpaired) electrons. The lowest BCUT2D eigenvalue weighted by atomic mass is 9.76. The maximum Gasteiger partial charge on any atom is -0.0320 e. The Morgan fingerprint density at radius 1 is 0.818 bits per heavy atom. The van der Waals surface area contributed by atoms with Crippen molar-refractivity contribution >= 4 is 0 Å². The van der Waals surface area contributed by atoms with Crippen LogP contribution in [0.2, 0.25) is 0 Å². The molecule has 1 fully saturated rings. The van der Waals surface area contributed by atoms with Crippen molar-refractivity contribution in [1.82, 2.24) is 0 Å². The molecule has 2 aliphatic rings. The van der Waals surface area contributed by atoms with Gasteiger partial charge in [-0.2, -0.15) is 0 Å². The predicted octanol–water partition coefficient (Wildman–Crippen LogP) is 3.53. The van der Waals surface area contributed by atoms with Crippen LogP contribution in [0.15, 0.2) is 12.2 Å². The number of rotatable bonds is 0. The fraction of sp³-hybridized carbons (Fsp3) is 0.818. The van der Waals surface area contributed by atoms with Crippen molar-refractivity contribution in [3.05, 3.63) is 12.2 Å². The van der Waals surface area contributed by atoms with Crippen molar-refractivity contribution in [2.75, 3.05) is 0 Å². The van der Waals surface area contributed by atoms with Gasteiger partial charge < -0.3 is 0 Å². The number of allylic oxidation sites excluding steroid dienone is 2. The van der Waals surface area contributed by atoms with Crippen LogP contribution in [0.3, 0.4) is 0 Å². The quantitative estimate of drug-likeness (QED) is 0.463. The van der Waals surface area contributed by atoms with Gasteiger partial charge in [-0.3, -0.25) is 0 Å². The van der Waals surface area contributed by atoms with E-state index >= 15 is 0 Å². The van der Waals surface area contributed by atoms with Gasteiger partial charge in [-0.25, -0.2) is 0 Å². The van der Waals surface area contributed by atoms with Crippen LogP contribution in [0, 0.1) is 11.8 Å². The third-order valence-electron chi connectivity index (χ3n) is 3.38. The Kier molecular flexibility index (Phi) is 2.30. The maximum absolute atomic E-state index is 2.41. The molecule has 0 aromatic heterocycles. The monoisotopic (exact) mass is 150 g/mol. The standard InChI is InChI=1S/C11H18/c1-2-6-10-8-4-5-9-11(10)7-3-1/h1-2,10-11H,3-9H2. The normalized spacial score (nSPS) is 37.8. The van der Waals surface area contributed by atoms with Crippen LogP contribution in [0.1, 0.15) is 44.9 Å². The second kappa shape index (κ2) is 3.42. The van der Waals surface area contributed by atoms with Crippen molar-refractivity contribution in [3.8, 4) is 0 Å². The first-order valence-electron chi connectivity index (χ1n) is 5.12. The third kappa shape index (κ3) is 1.66. The molecule has 0 heterocycles. The lowest BCUT2D eigenvalue weighted by Crippen LogP contribution is -2.17. The van der Waals surface area contributed by atoms with Crippen molar-refractivity contribution in [1.29, 1.82) is 0 Å². The van der Waals surface area contributed by atoms with Crippen LogP contribution in [0.25, 0.3) is 0 Å². The Hall–Kier alpha value is -0.260. The van der Waals surface area contributed by atoms with Crippen LogP contribution in [-0.4, -0.2) is 0 Å². The molecular formula is C11H18. The van der Waals surface area contributed by atoms with E-state index in [2.05, 4.69) is 12.2 Å². The Balaban J connectivity index is 1.98. The highest BCUT2D eigenvalue weighted by atomic mass is 14.3. The molecule has 0 heteroatoms. The largest absolute Gasteiger partial charge is 0.0885 e. The van der Waals surface area contributed by atoms with Crippen LogP contribution < -0.4 is 0 Å². The second-order valence-electron chi connectivity index (χ2n) is 4.09. The highest BCUT2D eigenvalue weighted by Gasteiger charge is 2.24. The van der Waals surface area contributed by atoms with Crippen molar-refractivity contribution in [2.24, 2.45) is 11.8 Å². The summed E-state index contributed by atoms with van der Waals surface area (Å²) in [4.78, 5) is 0. The molecule has 2 rings (SSSR count). The van der Waals surface area contributed by atoms with Crippen molar-refractivity contribution in [3.63, 3.8) is 0 Å². The lowest BCUT2D eigenvalue weighted by Gasteiger charge is -2.29. The minimum absolute atomic E-state index is 1.06. The predicted molar refractivity (Wildman–Crippen MR) is 48.4 cm³/mol. The van der Waals surface area contributed by atoms with E-state index in [1.165, 1.54) is 44.9 Å². The summed E-state index contributed by atoms with van der Waals surface area (Å²) in [5, 5.41) is 0. The molecule has 0 spiro atoms. The molecule has 0 saturated heterocycles. The molecule has 0 nitrogen and oxygen atoms in total. The Morgan fingerprint density at radius 3 is 2.55 bits per heavy atom. The van der Waals surface area contributed by atoms with Crippen LogP contribution in [0.5, 0.6) is 0 Å². The van der Waals surface area contributed by atoms with Gasteiger partial charge in [0, 0.05) is 0 Å². The van der Waals surface area contributed by atoms with Gasteiger partial charge in [-0.05, 0) is 37.5 Å². The molecule has 62 valence electrons. The number of fused-ring (bicyclic) bond motifs is 1. The third-order valence-corrected chi connectivity index (χ3v) is 3.38. The zero-order valence-electron chi connectivity index (χ0n) is 7.26. The summed E-state index contributed by atoms with van der Waals surface area (Å²) in [5.41, 5.74) is 0. The van der Waals surface area contributed by atoms with Crippen LogP contribution in [-0.2, 0) is 0 Å². The van der Waals surface area contributed by atoms with E-state index < -0.39 is 0 Å². The van der Waals surface area contributed by atoms with Crippen molar-refractivity contribution < 1.29 is 0 Å². The fourth-order valence-corrected chi connectivity index (χ4v) is 2.67. The molecule has 0 N–H and O–H groups in total. The summed E-state index contributed by atoms with van der Waals surface area (Å²) < 4.78 is 0. The van der Waals surface area contributed by atoms with Gasteiger partial charge in [0.1, 0.15) is 0 Å². The van der Waals surface area contributed by atoms with E-state index in [1.807, 2.05) is 0 Å². The zero-order chi connectivity index (χ0) is 7.52. The Bertz CT molecular complexity index is 146. The second-order valence-corrected chi connectivity index (χ2v) is 4.09. The Morgan fingerprint density at radius 2 is 1.64 bits per heavy atom. The molecule has 0 aliphatic heterocycles. The minimum Gasteiger partial charge on any atom is -0.0885 e. The molecule has 0 amide bonds. The van der Waals surface area contributed by atoms with Crippen LogP contribution >= 0.6 is 0 Å². The van der Waals surface area contributed by atoms with Gasteiger partial charge in [0.25, 0.3) is 0 Å². The number of hydrogen-bond acceptors (Lipinski definition) is 0. The van der Waals surface area contributed by atoms with Crippen molar-refractivity contribution in [2.45, 2.75) is 44.9 Å². The van der Waals surface area contributed by atoms with E-state index in [4.69, 9.17) is 0 Å². The highest BCUT2D eigenvalue weighted by Crippen LogP contribution is 2.36. The van der Waals surface area contributed by atoms with Gasteiger partial charge in [0.15, 0.2) is 0 Å². The molecular weight excluding hydrogens is 132 g/mol. The highest BCUT2D eigenvalue weighted by molar-refractivity contribution is 4.92. The summed E-state index contributed by atoms with van der Waals surface area (Å²) in [7, 11) is 0. The first kappa shape index (κ1) is 7.39. The molecule has 0 aromatic rings. The lowest BCUT2D eigenvalue weighted by molar-refractivity contribution is 0.231. The topological polar surface area (TPSA) is 0 Å². The first-order valence-corrected chi connectivity index (χ1v) is 5.12. The summed E-state index contributed by atoms with van der Waals surface area (Å²) in [6.07, 6.45) is 15.0. The first-order chi connectivity index (χ1) is 5.47. The molecule has 1 saturated carbocycles. The van der Waals surface area contributed by atoms with E-state index in [9.17, 15) is 0 Å². The average Bonchev–Trinajstić information content (AvgIpc) is 2.28. The van der Waals surface area contributed by atoms with E-state index in [0.29, 0.717) is 0 Å². The summed E-state index contributed by atoms with van der Waals surface area (Å²) in [6.45, 7) is 0. The van der Waals surface area contributed by atoms with Gasteiger partial charge in [-0.1, -0.05) is 31.4 Å². The fourth-order valence-electron chi connectivity index (χ4n) is 2.67. The maximum atomic E-state index is 2.41. The molecule has 0 aromatic carbocycles. The molecule has 2 aliphatic carbocycles. The average molecular weight is 150 g/mol. The smallest absolute Gasteiger partial charge is 0.0320 e. The van der Waals surface area contributed by atoms with Gasteiger partial charge >= 0.3 is 0 Å². The summed E-state index contributed by atoms with van der Waals surface area (Å²) in [5.74, 6) is 2.14. The SMILES string of the molecule is C1=CCC2CCCCC2CC1. The van der Waals surface area contributed by atoms with Gasteiger partial charge in [0.05, 0.1) is 0 Å². The number of hydrogen-bond donors (Lipinski definition) is 0. The summed E-state index contributed by atoms with van der Waals surface area (Å²) >= 11 is 0. The molecule has 0 bridgehead atoms. The molecule has 2 atom stereocenters. The van der Waals surface area contributed by atoms with E-state index in [1.54, 1.807) is 0 Å². The molecule has 11 heavy (non-hydrogen) atoms. The van der Waals surface area contributed by atoms with E-state index in [-0.39, 0.29) is 0 Å². The minimum atomic E-state index is 1.06. The zero-order valence-corrected chi connectivity index (χ0v) is 7.26. The Labute approximate surface area is 69.7 Å². The van der Waals surface area contributed by atoms with E-state index in [0.717, 1.165) is 11.8 Å². The molecule has 2 unspecified atom stereocenters. The van der Waals surface area contributed by atoms with Gasteiger partial charge in [-0.15, -0.1) is 0 Å². The van der Waals surface area contributed by atoms with Crippen LogP contribution in [0.4, 0.5) is 0 Å². The van der Waals surface area contributed by atoms with Gasteiger partial charge in [0.2, 0.25) is 0 Å². The summed E-state index contributed by atoms with van der Waals surface area (Å²) in [6, 6.07) is 0.